The van der Waals surface area contributed by atoms with Crippen LogP contribution in [0.15, 0.2) is 24.3 Å². The second-order valence-electron chi connectivity index (χ2n) is 5.31. The van der Waals surface area contributed by atoms with Gasteiger partial charge in [-0.1, -0.05) is 18.2 Å². The van der Waals surface area contributed by atoms with Crippen LogP contribution in [0.4, 0.5) is 0 Å². The number of nitrogens with one attached hydrogen (secondary N) is 1. The minimum atomic E-state index is 0.604. The number of methoxy groups -OCH3 is 1. The number of hydrogen-bond donors (Lipinski definition) is 1. The fourth-order valence-electron chi connectivity index (χ4n) is 2.69. The van der Waals surface area contributed by atoms with E-state index in [9.17, 15) is 0 Å². The number of piperidine rings is 1. The van der Waals surface area contributed by atoms with Gasteiger partial charge in [0.15, 0.2) is 0 Å². The Kier molecular flexibility index (Phi) is 6.30. The van der Waals surface area contributed by atoms with Crippen LogP contribution in [0.5, 0.6) is 5.75 Å². The maximum absolute atomic E-state index is 5.80. The summed E-state index contributed by atoms with van der Waals surface area (Å²) in [5, 5.41) is 3.39. The van der Waals surface area contributed by atoms with Gasteiger partial charge in [0.1, 0.15) is 12.4 Å². The molecule has 0 amide bonds. The van der Waals surface area contributed by atoms with Crippen LogP contribution < -0.4 is 10.1 Å². The topological polar surface area (TPSA) is 33.7 Å². The number of para-hydroxylation sites is 1. The first-order chi connectivity index (χ1) is 9.83. The van der Waals surface area contributed by atoms with Gasteiger partial charge in [-0.15, -0.1) is 0 Å². The molecule has 112 valence electrons. The van der Waals surface area contributed by atoms with E-state index in [0.717, 1.165) is 18.8 Å². The molecule has 1 aromatic carbocycles. The Hall–Kier alpha value is -1.10. The van der Waals surface area contributed by atoms with Crippen LogP contribution >= 0.6 is 0 Å². The zero-order chi connectivity index (χ0) is 14.2. The highest BCUT2D eigenvalue weighted by Gasteiger charge is 2.19. The monoisotopic (exact) mass is 278 g/mol. The highest BCUT2D eigenvalue weighted by Crippen LogP contribution is 2.21. The first-order valence-corrected chi connectivity index (χ1v) is 7.42. The van der Waals surface area contributed by atoms with Gasteiger partial charge in [-0.05, 0) is 32.5 Å². The fraction of sp³-hybridized carbons (Fsp3) is 0.625. The Morgan fingerprint density at radius 3 is 2.95 bits per heavy atom. The lowest BCUT2D eigenvalue weighted by atomic mass is 10.0. The molecule has 1 atom stereocenters. The highest BCUT2D eigenvalue weighted by atomic mass is 16.5. The number of nitrogens with zero attached hydrogens (tertiary/aromatic N) is 1. The summed E-state index contributed by atoms with van der Waals surface area (Å²) in [7, 11) is 3.75. The van der Waals surface area contributed by atoms with Gasteiger partial charge in [0.25, 0.3) is 0 Å². The van der Waals surface area contributed by atoms with Gasteiger partial charge in [0.2, 0.25) is 0 Å². The van der Waals surface area contributed by atoms with E-state index in [1.54, 1.807) is 7.11 Å². The molecule has 1 aliphatic heterocycles. The van der Waals surface area contributed by atoms with Gasteiger partial charge in [0, 0.05) is 31.8 Å². The zero-order valence-electron chi connectivity index (χ0n) is 12.6. The molecule has 0 spiro atoms. The van der Waals surface area contributed by atoms with Crippen LogP contribution in [-0.4, -0.2) is 51.4 Å². The van der Waals surface area contributed by atoms with Crippen molar-refractivity contribution in [2.75, 3.05) is 40.5 Å². The zero-order valence-corrected chi connectivity index (χ0v) is 12.6. The Bertz CT molecular complexity index is 398. The minimum Gasteiger partial charge on any atom is -0.491 e. The highest BCUT2D eigenvalue weighted by molar-refractivity contribution is 5.33. The molecule has 0 aliphatic carbocycles. The van der Waals surface area contributed by atoms with Crippen molar-refractivity contribution in [2.24, 2.45) is 0 Å². The van der Waals surface area contributed by atoms with Crippen LogP contribution in [0.25, 0.3) is 0 Å². The summed E-state index contributed by atoms with van der Waals surface area (Å²) in [6.45, 7) is 4.47. The van der Waals surface area contributed by atoms with E-state index in [1.165, 1.54) is 24.9 Å². The standard InChI is InChI=1S/C16H26N2O2/c1-17-15-7-5-9-18(13-15)12-14-6-3-4-8-16(14)20-11-10-19-2/h3-4,6,8,15,17H,5,7,9-13H2,1-2H3. The van der Waals surface area contributed by atoms with Gasteiger partial charge in [-0.3, -0.25) is 4.90 Å². The van der Waals surface area contributed by atoms with E-state index in [4.69, 9.17) is 9.47 Å². The second kappa shape index (κ2) is 8.25. The van der Waals surface area contributed by atoms with E-state index in [-0.39, 0.29) is 0 Å². The molecule has 0 saturated carbocycles. The van der Waals surface area contributed by atoms with Crippen molar-refractivity contribution in [1.82, 2.24) is 10.2 Å². The summed E-state index contributed by atoms with van der Waals surface area (Å²) in [5.74, 6) is 0.983. The third-order valence-corrected chi connectivity index (χ3v) is 3.83. The molecule has 4 heteroatoms. The Morgan fingerprint density at radius 1 is 1.30 bits per heavy atom. The summed E-state index contributed by atoms with van der Waals surface area (Å²) in [5.41, 5.74) is 1.26. The Balaban J connectivity index is 1.94. The summed E-state index contributed by atoms with van der Waals surface area (Å²) >= 11 is 0. The number of rotatable bonds is 7. The average molecular weight is 278 g/mol. The molecule has 1 N–H and O–H groups in total. The third-order valence-electron chi connectivity index (χ3n) is 3.83. The van der Waals surface area contributed by atoms with Crippen LogP contribution in [0.2, 0.25) is 0 Å². The predicted octanol–water partition coefficient (Wildman–Crippen LogP) is 1.90. The maximum Gasteiger partial charge on any atom is 0.123 e. The van der Waals surface area contributed by atoms with E-state index >= 15 is 0 Å². The van der Waals surface area contributed by atoms with E-state index < -0.39 is 0 Å². The number of likely N-dealkylation sites (tertiary alicyclic amines) is 1. The van der Waals surface area contributed by atoms with Crippen LogP contribution in [0, 0.1) is 0 Å². The molecule has 1 aromatic rings. The molecular formula is C16H26N2O2. The van der Waals surface area contributed by atoms with Crippen molar-refractivity contribution < 1.29 is 9.47 Å². The summed E-state index contributed by atoms with van der Waals surface area (Å²) in [6.07, 6.45) is 2.54. The molecule has 0 aromatic heterocycles. The van der Waals surface area contributed by atoms with Gasteiger partial charge in [-0.25, -0.2) is 0 Å². The van der Waals surface area contributed by atoms with Gasteiger partial charge >= 0.3 is 0 Å². The van der Waals surface area contributed by atoms with Crippen molar-refractivity contribution in [2.45, 2.75) is 25.4 Å². The summed E-state index contributed by atoms with van der Waals surface area (Å²) < 4.78 is 10.8. The largest absolute Gasteiger partial charge is 0.491 e. The van der Waals surface area contributed by atoms with Crippen molar-refractivity contribution in [1.29, 1.82) is 0 Å². The number of ether oxygens (including phenoxy) is 2. The minimum absolute atomic E-state index is 0.604. The normalized spacial score (nSPS) is 20.0. The molecule has 4 nitrogen and oxygen atoms in total. The molecule has 1 fully saturated rings. The van der Waals surface area contributed by atoms with Gasteiger partial charge in [-0.2, -0.15) is 0 Å². The Labute approximate surface area is 122 Å². The molecule has 0 bridgehead atoms. The molecule has 1 saturated heterocycles. The van der Waals surface area contributed by atoms with E-state index in [2.05, 4.69) is 29.4 Å². The lowest BCUT2D eigenvalue weighted by Crippen LogP contribution is -2.43. The summed E-state index contributed by atoms with van der Waals surface area (Å²) in [6, 6.07) is 8.93. The number of benzene rings is 1. The average Bonchev–Trinajstić information content (AvgIpc) is 2.49. The van der Waals surface area contributed by atoms with Crippen molar-refractivity contribution >= 4 is 0 Å². The second-order valence-corrected chi connectivity index (χ2v) is 5.31. The number of hydrogen-bond acceptors (Lipinski definition) is 4. The molecule has 20 heavy (non-hydrogen) atoms. The smallest absolute Gasteiger partial charge is 0.123 e. The molecule has 1 aliphatic rings. The predicted molar refractivity (Wildman–Crippen MR) is 81.2 cm³/mol. The Morgan fingerprint density at radius 2 is 2.15 bits per heavy atom. The van der Waals surface area contributed by atoms with Crippen LogP contribution in [0.1, 0.15) is 18.4 Å². The summed E-state index contributed by atoms with van der Waals surface area (Å²) in [4.78, 5) is 2.50. The lowest BCUT2D eigenvalue weighted by molar-refractivity contribution is 0.143. The third kappa shape index (κ3) is 4.47. The molecule has 1 unspecified atom stereocenters. The first-order valence-electron chi connectivity index (χ1n) is 7.42. The molecule has 1 heterocycles. The fourth-order valence-corrected chi connectivity index (χ4v) is 2.69. The first kappa shape index (κ1) is 15.3. The molecular weight excluding hydrogens is 252 g/mol. The van der Waals surface area contributed by atoms with E-state index in [0.29, 0.717) is 19.3 Å². The SMILES string of the molecule is CNC1CCCN(Cc2ccccc2OCCOC)C1. The maximum atomic E-state index is 5.80. The molecule has 2 rings (SSSR count). The van der Waals surface area contributed by atoms with Gasteiger partial charge in [0.05, 0.1) is 6.61 Å². The van der Waals surface area contributed by atoms with Crippen molar-refractivity contribution in [3.63, 3.8) is 0 Å². The van der Waals surface area contributed by atoms with Crippen molar-refractivity contribution in [3.05, 3.63) is 29.8 Å². The van der Waals surface area contributed by atoms with Crippen molar-refractivity contribution in [3.8, 4) is 5.75 Å². The number of likely N-dealkylation sites (N-methyl/N-ethyl adjacent to an activating group) is 1. The van der Waals surface area contributed by atoms with Crippen LogP contribution in [0.3, 0.4) is 0 Å². The van der Waals surface area contributed by atoms with Crippen LogP contribution in [-0.2, 0) is 11.3 Å². The van der Waals surface area contributed by atoms with E-state index in [1.807, 2.05) is 12.1 Å². The lowest BCUT2D eigenvalue weighted by Gasteiger charge is -2.32. The molecule has 0 radical (unpaired) electrons. The quantitative estimate of drug-likeness (QED) is 0.772. The van der Waals surface area contributed by atoms with Gasteiger partial charge < -0.3 is 14.8 Å².